The SMILES string of the molecule is CCOC(=O)C(=CNc1nc2c(C(F)(F)F)cccc2s1)C(=O)OCC. The van der Waals surface area contributed by atoms with E-state index in [0.717, 1.165) is 23.6 Å². The average Bonchev–Trinajstić information content (AvgIpc) is 2.97. The summed E-state index contributed by atoms with van der Waals surface area (Å²) in [6.45, 7) is 3.23. The number of anilines is 1. The molecular formula is C16H15F3N2O4S. The van der Waals surface area contributed by atoms with Crippen LogP contribution in [-0.2, 0) is 25.2 Å². The summed E-state index contributed by atoms with van der Waals surface area (Å²) in [6, 6.07) is 3.71. The third kappa shape index (κ3) is 4.51. The first-order valence-corrected chi connectivity index (χ1v) is 8.37. The molecule has 2 aromatic rings. The van der Waals surface area contributed by atoms with Gasteiger partial charge in [0, 0.05) is 6.20 Å². The number of hydrogen-bond acceptors (Lipinski definition) is 7. The molecule has 6 nitrogen and oxygen atoms in total. The van der Waals surface area contributed by atoms with Crippen molar-refractivity contribution in [1.82, 2.24) is 4.98 Å². The van der Waals surface area contributed by atoms with Crippen LogP contribution >= 0.6 is 11.3 Å². The number of benzene rings is 1. The van der Waals surface area contributed by atoms with Crippen molar-refractivity contribution >= 4 is 38.6 Å². The second-order valence-corrected chi connectivity index (χ2v) is 5.84. The van der Waals surface area contributed by atoms with E-state index in [1.807, 2.05) is 0 Å². The fourth-order valence-electron chi connectivity index (χ4n) is 1.99. The second kappa shape index (κ2) is 8.17. The number of fused-ring (bicyclic) bond motifs is 1. The highest BCUT2D eigenvalue weighted by Crippen LogP contribution is 2.37. The van der Waals surface area contributed by atoms with Crippen LogP contribution in [0.1, 0.15) is 19.4 Å². The van der Waals surface area contributed by atoms with E-state index < -0.39 is 29.3 Å². The molecule has 0 atom stereocenters. The summed E-state index contributed by atoms with van der Waals surface area (Å²) in [5.74, 6) is -1.81. The van der Waals surface area contributed by atoms with E-state index in [9.17, 15) is 22.8 Å². The largest absolute Gasteiger partial charge is 0.462 e. The van der Waals surface area contributed by atoms with Crippen LogP contribution in [0, 0.1) is 0 Å². The number of alkyl halides is 3. The van der Waals surface area contributed by atoms with Gasteiger partial charge in [0.15, 0.2) is 10.7 Å². The molecule has 0 radical (unpaired) electrons. The molecule has 1 N–H and O–H groups in total. The Bertz CT molecular complexity index is 826. The number of carbonyl (C=O) groups excluding carboxylic acids is 2. The van der Waals surface area contributed by atoms with Gasteiger partial charge >= 0.3 is 18.1 Å². The van der Waals surface area contributed by atoms with Crippen molar-refractivity contribution in [3.8, 4) is 0 Å². The van der Waals surface area contributed by atoms with E-state index in [0.29, 0.717) is 4.70 Å². The molecule has 26 heavy (non-hydrogen) atoms. The quantitative estimate of drug-likeness (QED) is 0.352. The Morgan fingerprint density at radius 1 is 1.19 bits per heavy atom. The summed E-state index contributed by atoms with van der Waals surface area (Å²) in [5.41, 5.74) is -1.49. The van der Waals surface area contributed by atoms with Crippen molar-refractivity contribution in [3.63, 3.8) is 0 Å². The minimum Gasteiger partial charge on any atom is -0.462 e. The number of halogens is 3. The van der Waals surface area contributed by atoms with E-state index >= 15 is 0 Å². The normalized spacial score (nSPS) is 11.1. The third-order valence-electron chi connectivity index (χ3n) is 3.06. The molecule has 0 fully saturated rings. The second-order valence-electron chi connectivity index (χ2n) is 4.81. The number of para-hydroxylation sites is 1. The van der Waals surface area contributed by atoms with Gasteiger partial charge < -0.3 is 14.8 Å². The summed E-state index contributed by atoms with van der Waals surface area (Å²) in [4.78, 5) is 27.6. The van der Waals surface area contributed by atoms with E-state index in [1.54, 1.807) is 13.8 Å². The van der Waals surface area contributed by atoms with Gasteiger partial charge in [0.1, 0.15) is 0 Å². The zero-order valence-electron chi connectivity index (χ0n) is 13.8. The first-order chi connectivity index (χ1) is 12.3. The Kier molecular flexibility index (Phi) is 6.19. The molecule has 140 valence electrons. The first kappa shape index (κ1) is 19.7. The van der Waals surface area contributed by atoms with Gasteiger partial charge in [-0.25, -0.2) is 14.6 Å². The fraction of sp³-hybridized carbons (Fsp3) is 0.312. The summed E-state index contributed by atoms with van der Waals surface area (Å²) in [5, 5.41) is 2.65. The third-order valence-corrected chi connectivity index (χ3v) is 4.01. The minimum absolute atomic E-state index is 0.0473. The predicted octanol–water partition coefficient (Wildman–Crippen LogP) is 3.74. The lowest BCUT2D eigenvalue weighted by Crippen LogP contribution is -2.19. The Morgan fingerprint density at radius 2 is 1.81 bits per heavy atom. The molecule has 0 aliphatic rings. The monoisotopic (exact) mass is 388 g/mol. The molecule has 0 spiro atoms. The number of esters is 2. The molecule has 0 aliphatic heterocycles. The Morgan fingerprint density at radius 3 is 2.35 bits per heavy atom. The molecule has 0 aliphatic carbocycles. The number of aromatic nitrogens is 1. The molecule has 1 aromatic carbocycles. The highest BCUT2D eigenvalue weighted by atomic mass is 32.1. The van der Waals surface area contributed by atoms with Crippen LogP contribution in [0.3, 0.4) is 0 Å². The highest BCUT2D eigenvalue weighted by molar-refractivity contribution is 7.22. The lowest BCUT2D eigenvalue weighted by atomic mass is 10.2. The smallest absolute Gasteiger partial charge is 0.418 e. The van der Waals surface area contributed by atoms with Crippen molar-refractivity contribution in [2.45, 2.75) is 20.0 Å². The Hall–Kier alpha value is -2.62. The maximum Gasteiger partial charge on any atom is 0.418 e. The van der Waals surface area contributed by atoms with Crippen molar-refractivity contribution in [2.75, 3.05) is 18.5 Å². The number of ether oxygens (including phenoxy) is 2. The lowest BCUT2D eigenvalue weighted by Gasteiger charge is -2.06. The molecule has 1 heterocycles. The Balaban J connectivity index is 2.34. The maximum atomic E-state index is 13.0. The average molecular weight is 388 g/mol. The Labute approximate surface area is 150 Å². The number of rotatable bonds is 6. The maximum absolute atomic E-state index is 13.0. The van der Waals surface area contributed by atoms with Crippen LogP contribution in [0.4, 0.5) is 18.3 Å². The van der Waals surface area contributed by atoms with Gasteiger partial charge in [-0.1, -0.05) is 17.4 Å². The molecule has 0 bridgehead atoms. The van der Waals surface area contributed by atoms with Gasteiger partial charge in [0.05, 0.1) is 29.0 Å². The van der Waals surface area contributed by atoms with Gasteiger partial charge in [-0.05, 0) is 26.0 Å². The van der Waals surface area contributed by atoms with Gasteiger partial charge in [0.2, 0.25) is 0 Å². The van der Waals surface area contributed by atoms with Gasteiger partial charge in [-0.15, -0.1) is 0 Å². The zero-order valence-corrected chi connectivity index (χ0v) is 14.7. The van der Waals surface area contributed by atoms with Gasteiger partial charge in [-0.3, -0.25) is 0 Å². The molecule has 1 aromatic heterocycles. The summed E-state index contributed by atoms with van der Waals surface area (Å²) < 4.78 is 48.9. The molecular weight excluding hydrogens is 373 g/mol. The van der Waals surface area contributed by atoms with E-state index in [4.69, 9.17) is 9.47 Å². The van der Waals surface area contributed by atoms with E-state index in [2.05, 4.69) is 10.3 Å². The fourth-order valence-corrected chi connectivity index (χ4v) is 2.85. The van der Waals surface area contributed by atoms with Gasteiger partial charge in [0.25, 0.3) is 0 Å². The highest BCUT2D eigenvalue weighted by Gasteiger charge is 2.33. The molecule has 2 rings (SSSR count). The van der Waals surface area contributed by atoms with Crippen LogP contribution in [0.2, 0.25) is 0 Å². The van der Waals surface area contributed by atoms with Crippen molar-refractivity contribution in [3.05, 3.63) is 35.5 Å². The van der Waals surface area contributed by atoms with Crippen LogP contribution in [0.5, 0.6) is 0 Å². The van der Waals surface area contributed by atoms with Crippen LogP contribution in [-0.4, -0.2) is 30.1 Å². The molecule has 0 saturated carbocycles. The molecule has 10 heteroatoms. The topological polar surface area (TPSA) is 77.5 Å². The summed E-state index contributed by atoms with van der Waals surface area (Å²) in [6.07, 6.45) is -3.53. The van der Waals surface area contributed by atoms with Crippen LogP contribution in [0.15, 0.2) is 30.0 Å². The number of carbonyl (C=O) groups is 2. The number of thiazole rings is 1. The van der Waals surface area contributed by atoms with Gasteiger partial charge in [-0.2, -0.15) is 13.2 Å². The summed E-state index contributed by atoms with van der Waals surface area (Å²) >= 11 is 0.949. The van der Waals surface area contributed by atoms with Crippen molar-refractivity contribution in [2.24, 2.45) is 0 Å². The minimum atomic E-state index is -4.54. The van der Waals surface area contributed by atoms with Crippen molar-refractivity contribution < 1.29 is 32.2 Å². The number of nitrogens with one attached hydrogen (secondary N) is 1. The van der Waals surface area contributed by atoms with Crippen LogP contribution < -0.4 is 5.32 Å². The predicted molar refractivity (Wildman–Crippen MR) is 89.6 cm³/mol. The first-order valence-electron chi connectivity index (χ1n) is 7.55. The molecule has 0 unspecified atom stereocenters. The summed E-state index contributed by atoms with van der Waals surface area (Å²) in [7, 11) is 0. The molecule has 0 saturated heterocycles. The van der Waals surface area contributed by atoms with E-state index in [-0.39, 0.29) is 23.9 Å². The lowest BCUT2D eigenvalue weighted by molar-refractivity contribution is -0.146. The zero-order chi connectivity index (χ0) is 19.3. The number of hydrogen-bond donors (Lipinski definition) is 1. The van der Waals surface area contributed by atoms with Crippen LogP contribution in [0.25, 0.3) is 10.2 Å². The van der Waals surface area contributed by atoms with Crippen molar-refractivity contribution in [1.29, 1.82) is 0 Å². The molecule has 0 amide bonds. The van der Waals surface area contributed by atoms with E-state index in [1.165, 1.54) is 12.1 Å². The standard InChI is InChI=1S/C16H15F3N2O4S/c1-3-24-13(22)9(14(23)25-4-2)8-20-15-21-12-10(16(17,18)19)6-5-7-11(12)26-15/h5-8H,3-4H2,1-2H3,(H,20,21). The number of nitrogens with zero attached hydrogens (tertiary/aromatic N) is 1.